The second-order valence-electron chi connectivity index (χ2n) is 5.98. The SMILES string of the molecule is CC(C)Oc1ccc(CNC(=O)C(=O)NCCc2ccccc2)cc1. The predicted molar refractivity (Wildman–Crippen MR) is 97.2 cm³/mol. The van der Waals surface area contributed by atoms with Gasteiger partial charge in [-0.2, -0.15) is 0 Å². The molecule has 0 aliphatic carbocycles. The van der Waals surface area contributed by atoms with E-state index in [1.54, 1.807) is 0 Å². The van der Waals surface area contributed by atoms with E-state index in [0.29, 0.717) is 19.5 Å². The summed E-state index contributed by atoms with van der Waals surface area (Å²) >= 11 is 0. The molecule has 2 amide bonds. The number of nitrogens with one attached hydrogen (secondary N) is 2. The molecule has 5 heteroatoms. The number of benzene rings is 2. The van der Waals surface area contributed by atoms with E-state index in [-0.39, 0.29) is 6.10 Å². The van der Waals surface area contributed by atoms with E-state index < -0.39 is 11.8 Å². The first-order chi connectivity index (χ1) is 12.0. The summed E-state index contributed by atoms with van der Waals surface area (Å²) in [6.45, 7) is 4.65. The summed E-state index contributed by atoms with van der Waals surface area (Å²) in [7, 11) is 0. The fraction of sp³-hybridized carbons (Fsp3) is 0.300. The highest BCUT2D eigenvalue weighted by Gasteiger charge is 2.12. The van der Waals surface area contributed by atoms with Gasteiger partial charge in [0, 0.05) is 13.1 Å². The lowest BCUT2D eigenvalue weighted by atomic mass is 10.1. The molecule has 0 saturated heterocycles. The van der Waals surface area contributed by atoms with Gasteiger partial charge in [0.1, 0.15) is 5.75 Å². The Morgan fingerprint density at radius 2 is 1.52 bits per heavy atom. The molecule has 2 aromatic carbocycles. The third kappa shape index (κ3) is 6.67. The van der Waals surface area contributed by atoms with Gasteiger partial charge in [-0.3, -0.25) is 9.59 Å². The van der Waals surface area contributed by atoms with Crippen molar-refractivity contribution < 1.29 is 14.3 Å². The number of hydrogen-bond donors (Lipinski definition) is 2. The van der Waals surface area contributed by atoms with Crippen molar-refractivity contribution in [1.82, 2.24) is 10.6 Å². The summed E-state index contributed by atoms with van der Waals surface area (Å²) in [5.41, 5.74) is 2.02. The molecule has 0 heterocycles. The molecular weight excluding hydrogens is 316 g/mol. The van der Waals surface area contributed by atoms with Gasteiger partial charge in [0.05, 0.1) is 6.10 Å². The minimum Gasteiger partial charge on any atom is -0.491 e. The van der Waals surface area contributed by atoms with Crippen molar-refractivity contribution in [2.75, 3.05) is 6.54 Å². The zero-order valence-electron chi connectivity index (χ0n) is 14.6. The lowest BCUT2D eigenvalue weighted by molar-refractivity contribution is -0.139. The Hall–Kier alpha value is -2.82. The molecule has 0 aliphatic rings. The molecule has 0 aromatic heterocycles. The molecule has 0 radical (unpaired) electrons. The summed E-state index contributed by atoms with van der Waals surface area (Å²) in [5, 5.41) is 5.24. The van der Waals surface area contributed by atoms with Crippen LogP contribution in [0.1, 0.15) is 25.0 Å². The zero-order chi connectivity index (χ0) is 18.1. The molecule has 132 valence electrons. The normalized spacial score (nSPS) is 10.4. The number of rotatable bonds is 7. The summed E-state index contributed by atoms with van der Waals surface area (Å²) in [4.78, 5) is 23.6. The maximum Gasteiger partial charge on any atom is 0.309 e. The number of amides is 2. The van der Waals surface area contributed by atoms with Crippen LogP contribution in [0.25, 0.3) is 0 Å². The van der Waals surface area contributed by atoms with Gasteiger partial charge in [0.15, 0.2) is 0 Å². The van der Waals surface area contributed by atoms with Crippen LogP contribution < -0.4 is 15.4 Å². The van der Waals surface area contributed by atoms with Crippen LogP contribution >= 0.6 is 0 Å². The van der Waals surface area contributed by atoms with Gasteiger partial charge in [-0.25, -0.2) is 0 Å². The predicted octanol–water partition coefficient (Wildman–Crippen LogP) is 2.45. The van der Waals surface area contributed by atoms with E-state index in [1.165, 1.54) is 0 Å². The molecule has 25 heavy (non-hydrogen) atoms. The van der Waals surface area contributed by atoms with Gasteiger partial charge >= 0.3 is 11.8 Å². The van der Waals surface area contributed by atoms with Crippen molar-refractivity contribution in [3.8, 4) is 5.75 Å². The lowest BCUT2D eigenvalue weighted by Gasteiger charge is -2.10. The van der Waals surface area contributed by atoms with Crippen LogP contribution in [0.15, 0.2) is 54.6 Å². The molecule has 0 saturated carbocycles. The highest BCUT2D eigenvalue weighted by atomic mass is 16.5. The van der Waals surface area contributed by atoms with E-state index in [0.717, 1.165) is 16.9 Å². The van der Waals surface area contributed by atoms with Crippen molar-refractivity contribution in [3.05, 3.63) is 65.7 Å². The Labute approximate surface area is 148 Å². The maximum absolute atomic E-state index is 11.8. The monoisotopic (exact) mass is 340 g/mol. The van der Waals surface area contributed by atoms with Gasteiger partial charge in [0.25, 0.3) is 0 Å². The molecule has 2 rings (SSSR count). The van der Waals surface area contributed by atoms with Crippen LogP contribution in [0.5, 0.6) is 5.75 Å². The molecule has 2 aromatic rings. The molecule has 5 nitrogen and oxygen atoms in total. The van der Waals surface area contributed by atoms with E-state index in [4.69, 9.17) is 4.74 Å². The quantitative estimate of drug-likeness (QED) is 0.761. The fourth-order valence-electron chi connectivity index (χ4n) is 2.27. The van der Waals surface area contributed by atoms with Gasteiger partial charge < -0.3 is 15.4 Å². The molecule has 0 fully saturated rings. The van der Waals surface area contributed by atoms with E-state index in [9.17, 15) is 9.59 Å². The molecule has 0 spiro atoms. The van der Waals surface area contributed by atoms with Crippen LogP contribution in [-0.2, 0) is 22.6 Å². The number of ether oxygens (including phenoxy) is 1. The van der Waals surface area contributed by atoms with Crippen LogP contribution in [0.4, 0.5) is 0 Å². The van der Waals surface area contributed by atoms with Gasteiger partial charge in [-0.1, -0.05) is 42.5 Å². The average molecular weight is 340 g/mol. The molecule has 0 unspecified atom stereocenters. The summed E-state index contributed by atoms with van der Waals surface area (Å²) in [6.07, 6.45) is 0.808. The number of hydrogen-bond acceptors (Lipinski definition) is 3. The summed E-state index contributed by atoms with van der Waals surface area (Å²) in [5.74, 6) is -0.463. The highest BCUT2D eigenvalue weighted by Crippen LogP contribution is 2.13. The number of carbonyl (C=O) groups is 2. The van der Waals surface area contributed by atoms with Crippen molar-refractivity contribution >= 4 is 11.8 Å². The Bertz CT molecular complexity index is 682. The van der Waals surface area contributed by atoms with E-state index in [1.807, 2.05) is 68.4 Å². The summed E-state index contributed by atoms with van der Waals surface area (Å²) < 4.78 is 5.56. The van der Waals surface area contributed by atoms with Crippen LogP contribution in [-0.4, -0.2) is 24.5 Å². The van der Waals surface area contributed by atoms with Crippen LogP contribution in [0, 0.1) is 0 Å². The minimum absolute atomic E-state index is 0.116. The van der Waals surface area contributed by atoms with Crippen molar-refractivity contribution in [1.29, 1.82) is 0 Å². The molecule has 0 atom stereocenters. The second kappa shape index (κ2) is 9.47. The van der Waals surface area contributed by atoms with Gasteiger partial charge in [-0.05, 0) is 43.5 Å². The first kappa shape index (κ1) is 18.5. The molecule has 0 bridgehead atoms. The van der Waals surface area contributed by atoms with Crippen LogP contribution in [0.2, 0.25) is 0 Å². The first-order valence-electron chi connectivity index (χ1n) is 8.40. The van der Waals surface area contributed by atoms with Crippen molar-refractivity contribution in [2.45, 2.75) is 32.9 Å². The lowest BCUT2D eigenvalue weighted by Crippen LogP contribution is -2.40. The average Bonchev–Trinajstić information content (AvgIpc) is 2.61. The number of carbonyl (C=O) groups excluding carboxylic acids is 2. The Kier molecular flexibility index (Phi) is 7.01. The summed E-state index contributed by atoms with van der Waals surface area (Å²) in [6, 6.07) is 17.2. The third-order valence-corrected chi connectivity index (χ3v) is 3.50. The topological polar surface area (TPSA) is 67.4 Å². The molecular formula is C20H24N2O3. The fourth-order valence-corrected chi connectivity index (χ4v) is 2.27. The maximum atomic E-state index is 11.8. The second-order valence-corrected chi connectivity index (χ2v) is 5.98. The largest absolute Gasteiger partial charge is 0.491 e. The van der Waals surface area contributed by atoms with Gasteiger partial charge in [0.2, 0.25) is 0 Å². The van der Waals surface area contributed by atoms with Crippen LogP contribution in [0.3, 0.4) is 0 Å². The zero-order valence-corrected chi connectivity index (χ0v) is 14.6. The third-order valence-electron chi connectivity index (χ3n) is 3.50. The van der Waals surface area contributed by atoms with Crippen molar-refractivity contribution in [2.24, 2.45) is 0 Å². The van der Waals surface area contributed by atoms with Gasteiger partial charge in [-0.15, -0.1) is 0 Å². The molecule has 0 aliphatic heterocycles. The smallest absolute Gasteiger partial charge is 0.309 e. The molecule has 2 N–H and O–H groups in total. The Morgan fingerprint density at radius 3 is 2.16 bits per heavy atom. The Balaban J connectivity index is 1.71. The van der Waals surface area contributed by atoms with E-state index in [2.05, 4.69) is 10.6 Å². The van der Waals surface area contributed by atoms with E-state index >= 15 is 0 Å². The Morgan fingerprint density at radius 1 is 0.880 bits per heavy atom. The minimum atomic E-state index is -0.629. The van der Waals surface area contributed by atoms with Crippen molar-refractivity contribution in [3.63, 3.8) is 0 Å². The highest BCUT2D eigenvalue weighted by molar-refractivity contribution is 6.35. The first-order valence-corrected chi connectivity index (χ1v) is 8.40. The standard InChI is InChI=1S/C20H24N2O3/c1-15(2)25-18-10-8-17(9-11-18)14-22-20(24)19(23)21-13-12-16-6-4-3-5-7-16/h3-11,15H,12-14H2,1-2H3,(H,21,23)(H,22,24).